The van der Waals surface area contributed by atoms with E-state index >= 15 is 0 Å². The predicted octanol–water partition coefficient (Wildman–Crippen LogP) is 4.31. The summed E-state index contributed by atoms with van der Waals surface area (Å²) in [4.78, 5) is 36.4. The number of hydrogen-bond acceptors (Lipinski definition) is 5. The van der Waals surface area contributed by atoms with Crippen LogP contribution >= 0.6 is 0 Å². The molecule has 33 heavy (non-hydrogen) atoms. The van der Waals surface area contributed by atoms with Gasteiger partial charge in [-0.05, 0) is 53.6 Å². The number of nitro groups is 1. The first-order valence-electron chi connectivity index (χ1n) is 9.94. The molecule has 1 aliphatic heterocycles. The van der Waals surface area contributed by atoms with Crippen LogP contribution in [0.25, 0.3) is 6.08 Å². The number of anilines is 2. The van der Waals surface area contributed by atoms with Gasteiger partial charge in [0, 0.05) is 30.0 Å². The van der Waals surface area contributed by atoms with Crippen molar-refractivity contribution in [2.75, 3.05) is 16.8 Å². The highest BCUT2D eigenvalue weighted by molar-refractivity contribution is 6.03. The third-order valence-corrected chi connectivity index (χ3v) is 4.96. The minimum absolute atomic E-state index is 0.0300. The second kappa shape index (κ2) is 9.31. The van der Waals surface area contributed by atoms with Crippen molar-refractivity contribution in [1.82, 2.24) is 0 Å². The number of fused-ring (bicyclic) bond motifs is 1. The van der Waals surface area contributed by atoms with Crippen molar-refractivity contribution in [2.24, 2.45) is 0 Å². The van der Waals surface area contributed by atoms with Gasteiger partial charge >= 0.3 is 0 Å². The Hall–Kier alpha value is -4.53. The minimum Gasteiger partial charge on any atom is -0.481 e. The van der Waals surface area contributed by atoms with Crippen LogP contribution in [0.1, 0.15) is 11.1 Å². The molecular weight excluding hydrogens is 429 g/mol. The van der Waals surface area contributed by atoms with Crippen LogP contribution in [0.4, 0.5) is 21.5 Å². The lowest BCUT2D eigenvalue weighted by atomic mass is 10.1. The zero-order chi connectivity index (χ0) is 23.4. The molecule has 9 heteroatoms. The van der Waals surface area contributed by atoms with Gasteiger partial charge in [0.15, 0.2) is 6.61 Å². The van der Waals surface area contributed by atoms with Crippen molar-refractivity contribution in [3.8, 4) is 5.75 Å². The Morgan fingerprint density at radius 3 is 2.55 bits per heavy atom. The first-order valence-corrected chi connectivity index (χ1v) is 9.94. The maximum atomic E-state index is 13.2. The number of benzene rings is 3. The zero-order valence-electron chi connectivity index (χ0n) is 17.2. The van der Waals surface area contributed by atoms with E-state index in [4.69, 9.17) is 4.74 Å². The molecule has 0 spiro atoms. The van der Waals surface area contributed by atoms with E-state index in [1.54, 1.807) is 47.4 Å². The van der Waals surface area contributed by atoms with Gasteiger partial charge in [-0.25, -0.2) is 4.39 Å². The lowest BCUT2D eigenvalue weighted by Crippen LogP contribution is -2.38. The number of amides is 2. The SMILES string of the molecule is O=C(/C=C/c1ccc([N+](=O)[O-])cc1)Nc1ccc2c(c1)OCC(=O)N2Cc1ccc(F)cc1. The number of non-ortho nitro benzene ring substituents is 1. The van der Waals surface area contributed by atoms with Gasteiger partial charge in [0.25, 0.3) is 11.6 Å². The third-order valence-electron chi connectivity index (χ3n) is 4.96. The molecule has 1 aliphatic rings. The number of ether oxygens (including phenoxy) is 1. The fraction of sp³-hybridized carbons (Fsp3) is 0.0833. The third kappa shape index (κ3) is 5.21. The molecule has 0 aromatic heterocycles. The maximum Gasteiger partial charge on any atom is 0.269 e. The summed E-state index contributed by atoms with van der Waals surface area (Å²) in [5.74, 6) is -0.540. The predicted molar refractivity (Wildman–Crippen MR) is 120 cm³/mol. The van der Waals surface area contributed by atoms with Gasteiger partial charge in [0.2, 0.25) is 5.91 Å². The molecule has 3 aromatic carbocycles. The topological polar surface area (TPSA) is 102 Å². The Labute approximate surface area is 188 Å². The Morgan fingerprint density at radius 2 is 1.85 bits per heavy atom. The highest BCUT2D eigenvalue weighted by atomic mass is 19.1. The van der Waals surface area contributed by atoms with Crippen molar-refractivity contribution in [3.05, 3.63) is 99.9 Å². The molecule has 1 N–H and O–H groups in total. The van der Waals surface area contributed by atoms with Crippen LogP contribution < -0.4 is 15.0 Å². The molecule has 8 nitrogen and oxygen atoms in total. The van der Waals surface area contributed by atoms with Crippen LogP contribution in [0.15, 0.2) is 72.8 Å². The van der Waals surface area contributed by atoms with Gasteiger partial charge in [0.1, 0.15) is 11.6 Å². The number of nitrogens with zero attached hydrogens (tertiary/aromatic N) is 2. The smallest absolute Gasteiger partial charge is 0.269 e. The lowest BCUT2D eigenvalue weighted by Gasteiger charge is -2.29. The van der Waals surface area contributed by atoms with Gasteiger partial charge in [-0.3, -0.25) is 19.7 Å². The quantitative estimate of drug-likeness (QED) is 0.345. The Morgan fingerprint density at radius 1 is 1.12 bits per heavy atom. The van der Waals surface area contributed by atoms with Crippen LogP contribution in [0.5, 0.6) is 5.75 Å². The molecule has 2 amide bonds. The number of carbonyl (C=O) groups excluding carboxylic acids is 2. The number of halogens is 1. The normalized spacial score (nSPS) is 12.9. The average Bonchev–Trinajstić information content (AvgIpc) is 2.81. The molecule has 1 heterocycles. The summed E-state index contributed by atoms with van der Waals surface area (Å²) in [5.41, 5.74) is 2.40. The van der Waals surface area contributed by atoms with Gasteiger partial charge < -0.3 is 15.0 Å². The molecule has 0 saturated carbocycles. The minimum atomic E-state index is -0.493. The van der Waals surface area contributed by atoms with E-state index in [0.29, 0.717) is 22.7 Å². The van der Waals surface area contributed by atoms with E-state index in [9.17, 15) is 24.1 Å². The van der Waals surface area contributed by atoms with Crippen LogP contribution in [0.3, 0.4) is 0 Å². The number of carbonyl (C=O) groups is 2. The van der Waals surface area contributed by atoms with Crippen LogP contribution in [-0.4, -0.2) is 23.3 Å². The monoisotopic (exact) mass is 447 g/mol. The number of nitro benzene ring substituents is 1. The summed E-state index contributed by atoms with van der Waals surface area (Å²) in [7, 11) is 0. The fourth-order valence-corrected chi connectivity index (χ4v) is 3.29. The van der Waals surface area contributed by atoms with Crippen molar-refractivity contribution < 1.29 is 23.6 Å². The second-order valence-corrected chi connectivity index (χ2v) is 7.25. The molecule has 0 radical (unpaired) electrons. The van der Waals surface area contributed by atoms with Crippen molar-refractivity contribution in [3.63, 3.8) is 0 Å². The number of nitrogens with one attached hydrogen (secondary N) is 1. The fourth-order valence-electron chi connectivity index (χ4n) is 3.29. The van der Waals surface area contributed by atoms with E-state index in [-0.39, 0.29) is 30.6 Å². The summed E-state index contributed by atoms with van der Waals surface area (Å²) >= 11 is 0. The van der Waals surface area contributed by atoms with Crippen LogP contribution in [0, 0.1) is 15.9 Å². The summed E-state index contributed by atoms with van der Waals surface area (Å²) in [5, 5.41) is 13.4. The Bertz CT molecular complexity index is 1240. The van der Waals surface area contributed by atoms with E-state index in [0.717, 1.165) is 5.56 Å². The summed E-state index contributed by atoms with van der Waals surface area (Å²) in [6, 6.07) is 16.7. The first kappa shape index (κ1) is 21.7. The zero-order valence-corrected chi connectivity index (χ0v) is 17.2. The van der Waals surface area contributed by atoms with Crippen molar-refractivity contribution in [1.29, 1.82) is 0 Å². The van der Waals surface area contributed by atoms with Gasteiger partial charge in [-0.15, -0.1) is 0 Å². The van der Waals surface area contributed by atoms with Crippen molar-refractivity contribution in [2.45, 2.75) is 6.54 Å². The molecule has 4 rings (SSSR count). The molecule has 0 atom stereocenters. The maximum absolute atomic E-state index is 13.2. The molecule has 0 saturated heterocycles. The highest BCUT2D eigenvalue weighted by Gasteiger charge is 2.26. The summed E-state index contributed by atoms with van der Waals surface area (Å²) < 4.78 is 18.7. The standard InChI is InChI=1S/C24H18FN3O5/c25-18-6-1-17(2-7-18)14-27-21-11-8-19(13-22(21)33-15-24(27)30)26-23(29)12-5-16-3-9-20(10-4-16)28(31)32/h1-13H,14-15H2,(H,26,29)/b12-5+. The Balaban J connectivity index is 1.44. The summed E-state index contributed by atoms with van der Waals surface area (Å²) in [6.45, 7) is 0.116. The number of rotatable bonds is 6. The lowest BCUT2D eigenvalue weighted by molar-refractivity contribution is -0.384. The van der Waals surface area contributed by atoms with E-state index in [1.807, 2.05) is 0 Å². The molecule has 0 aliphatic carbocycles. The highest BCUT2D eigenvalue weighted by Crippen LogP contribution is 2.35. The number of hydrogen-bond donors (Lipinski definition) is 1. The average molecular weight is 447 g/mol. The van der Waals surface area contributed by atoms with Crippen LogP contribution in [-0.2, 0) is 16.1 Å². The van der Waals surface area contributed by atoms with Crippen LogP contribution in [0.2, 0.25) is 0 Å². The summed E-state index contributed by atoms with van der Waals surface area (Å²) in [6.07, 6.45) is 2.85. The van der Waals surface area contributed by atoms with Gasteiger partial charge in [-0.2, -0.15) is 0 Å². The molecule has 0 fully saturated rings. The first-order chi connectivity index (χ1) is 15.9. The molecular formula is C24H18FN3O5. The van der Waals surface area contributed by atoms with Gasteiger partial charge in [-0.1, -0.05) is 12.1 Å². The van der Waals surface area contributed by atoms with E-state index in [1.165, 1.54) is 36.4 Å². The Kier molecular flexibility index (Phi) is 6.12. The largest absolute Gasteiger partial charge is 0.481 e. The molecule has 0 unspecified atom stereocenters. The second-order valence-electron chi connectivity index (χ2n) is 7.25. The van der Waals surface area contributed by atoms with Gasteiger partial charge in [0.05, 0.1) is 17.2 Å². The molecule has 0 bridgehead atoms. The molecule has 3 aromatic rings. The van der Waals surface area contributed by atoms with Crippen molar-refractivity contribution >= 4 is 35.0 Å². The van der Waals surface area contributed by atoms with E-state index < -0.39 is 10.8 Å². The van der Waals surface area contributed by atoms with E-state index in [2.05, 4.69) is 5.32 Å². The molecule has 166 valence electrons.